The number of hydrogen-bond donors (Lipinski definition) is 0. The van der Waals surface area contributed by atoms with Gasteiger partial charge in [-0.15, -0.1) is 0 Å². The highest BCUT2D eigenvalue weighted by Crippen LogP contribution is 2.14. The number of cyclic esters (lactones) is 1. The van der Waals surface area contributed by atoms with E-state index in [2.05, 4.69) is 15.9 Å². The van der Waals surface area contributed by atoms with E-state index >= 15 is 0 Å². The van der Waals surface area contributed by atoms with E-state index in [1.807, 2.05) is 24.3 Å². The molecule has 2 rings (SSSR count). The second kappa shape index (κ2) is 4.00. The number of halogens is 1. The van der Waals surface area contributed by atoms with Crippen LogP contribution in [0.15, 0.2) is 28.7 Å². The topological polar surface area (TPSA) is 29.5 Å². The minimum absolute atomic E-state index is 0.215. The highest BCUT2D eigenvalue weighted by Gasteiger charge is 2.21. The van der Waals surface area contributed by atoms with Crippen molar-refractivity contribution >= 4 is 22.0 Å². The van der Waals surface area contributed by atoms with Crippen LogP contribution < -0.4 is 0 Å². The van der Waals surface area contributed by atoms with E-state index in [-0.39, 0.29) is 6.09 Å². The molecule has 1 aliphatic heterocycles. The quantitative estimate of drug-likeness (QED) is 0.813. The van der Waals surface area contributed by atoms with Gasteiger partial charge in [0.15, 0.2) is 0 Å². The maximum absolute atomic E-state index is 11.1. The SMILES string of the molecule is O=C1OCCN1Cc1ccc(Br)cc1. The standard InChI is InChI=1S/C10H10BrNO2/c11-9-3-1-8(2-4-9)7-12-5-6-14-10(12)13/h1-4H,5-7H2. The molecule has 0 bridgehead atoms. The first-order valence-electron chi connectivity index (χ1n) is 4.42. The summed E-state index contributed by atoms with van der Waals surface area (Å²) >= 11 is 3.36. The third kappa shape index (κ3) is 2.07. The highest BCUT2D eigenvalue weighted by molar-refractivity contribution is 9.10. The minimum Gasteiger partial charge on any atom is -0.448 e. The summed E-state index contributed by atoms with van der Waals surface area (Å²) in [4.78, 5) is 12.8. The van der Waals surface area contributed by atoms with E-state index in [9.17, 15) is 4.79 Å². The maximum atomic E-state index is 11.1. The summed E-state index contributed by atoms with van der Waals surface area (Å²) in [6.07, 6.45) is -0.215. The predicted octanol–water partition coefficient (Wildman–Crippen LogP) is 2.40. The van der Waals surface area contributed by atoms with Crippen molar-refractivity contribution < 1.29 is 9.53 Å². The molecule has 0 N–H and O–H groups in total. The lowest BCUT2D eigenvalue weighted by Crippen LogP contribution is -2.23. The Bertz CT molecular complexity index is 336. The Morgan fingerprint density at radius 2 is 2.07 bits per heavy atom. The number of hydrogen-bond acceptors (Lipinski definition) is 2. The van der Waals surface area contributed by atoms with Gasteiger partial charge in [-0.25, -0.2) is 4.79 Å². The Labute approximate surface area is 90.8 Å². The van der Waals surface area contributed by atoms with E-state index in [1.54, 1.807) is 4.90 Å². The molecular weight excluding hydrogens is 246 g/mol. The lowest BCUT2D eigenvalue weighted by Gasteiger charge is -2.12. The van der Waals surface area contributed by atoms with Crippen molar-refractivity contribution in [2.45, 2.75) is 6.54 Å². The van der Waals surface area contributed by atoms with Crippen molar-refractivity contribution in [1.29, 1.82) is 0 Å². The summed E-state index contributed by atoms with van der Waals surface area (Å²) in [5, 5.41) is 0. The zero-order valence-electron chi connectivity index (χ0n) is 7.57. The van der Waals surface area contributed by atoms with Crippen LogP contribution in [0.5, 0.6) is 0 Å². The summed E-state index contributed by atoms with van der Waals surface area (Å²) in [6, 6.07) is 7.93. The number of nitrogens with zero attached hydrogens (tertiary/aromatic N) is 1. The van der Waals surface area contributed by atoms with Crippen molar-refractivity contribution in [3.63, 3.8) is 0 Å². The van der Waals surface area contributed by atoms with Crippen molar-refractivity contribution in [2.24, 2.45) is 0 Å². The molecule has 1 aromatic carbocycles. The van der Waals surface area contributed by atoms with Crippen LogP contribution in [0.4, 0.5) is 4.79 Å². The predicted molar refractivity (Wildman–Crippen MR) is 55.9 cm³/mol. The third-order valence-electron chi connectivity index (χ3n) is 2.13. The van der Waals surface area contributed by atoms with E-state index < -0.39 is 0 Å². The first-order chi connectivity index (χ1) is 6.75. The summed E-state index contributed by atoms with van der Waals surface area (Å²) in [6.45, 7) is 1.83. The molecule has 0 radical (unpaired) electrons. The molecular formula is C10H10BrNO2. The molecule has 1 aliphatic rings. The molecule has 0 aliphatic carbocycles. The smallest absolute Gasteiger partial charge is 0.410 e. The zero-order valence-corrected chi connectivity index (χ0v) is 9.16. The molecule has 1 heterocycles. The summed E-state index contributed by atoms with van der Waals surface area (Å²) in [7, 11) is 0. The van der Waals surface area contributed by atoms with Gasteiger partial charge in [0.1, 0.15) is 6.61 Å². The average molecular weight is 256 g/mol. The largest absolute Gasteiger partial charge is 0.448 e. The van der Waals surface area contributed by atoms with Crippen LogP contribution in [-0.4, -0.2) is 24.1 Å². The molecule has 3 nitrogen and oxygen atoms in total. The summed E-state index contributed by atoms with van der Waals surface area (Å²) < 4.78 is 5.89. The monoisotopic (exact) mass is 255 g/mol. The van der Waals surface area contributed by atoms with Crippen LogP contribution in [0.1, 0.15) is 5.56 Å². The number of carbonyl (C=O) groups excluding carboxylic acids is 1. The molecule has 0 aromatic heterocycles. The molecule has 14 heavy (non-hydrogen) atoms. The van der Waals surface area contributed by atoms with Gasteiger partial charge < -0.3 is 9.64 Å². The van der Waals surface area contributed by atoms with Gasteiger partial charge in [0.25, 0.3) is 0 Å². The molecule has 0 saturated carbocycles. The molecule has 74 valence electrons. The molecule has 0 spiro atoms. The minimum atomic E-state index is -0.215. The van der Waals surface area contributed by atoms with Crippen LogP contribution in [0.25, 0.3) is 0 Å². The van der Waals surface area contributed by atoms with Crippen LogP contribution in [0.2, 0.25) is 0 Å². The van der Waals surface area contributed by atoms with Gasteiger partial charge in [0, 0.05) is 11.0 Å². The molecule has 0 atom stereocenters. The van der Waals surface area contributed by atoms with Crippen molar-refractivity contribution in [2.75, 3.05) is 13.2 Å². The summed E-state index contributed by atoms with van der Waals surface area (Å²) in [5.74, 6) is 0. The van der Waals surface area contributed by atoms with Crippen molar-refractivity contribution in [3.05, 3.63) is 34.3 Å². The third-order valence-corrected chi connectivity index (χ3v) is 2.66. The zero-order chi connectivity index (χ0) is 9.97. The average Bonchev–Trinajstić information content (AvgIpc) is 2.56. The van der Waals surface area contributed by atoms with Crippen LogP contribution in [0.3, 0.4) is 0 Å². The first-order valence-corrected chi connectivity index (χ1v) is 5.21. The molecule has 1 amide bonds. The number of rotatable bonds is 2. The number of ether oxygens (including phenoxy) is 1. The van der Waals surface area contributed by atoms with E-state index in [1.165, 1.54) is 0 Å². The van der Waals surface area contributed by atoms with Crippen LogP contribution in [0, 0.1) is 0 Å². The van der Waals surface area contributed by atoms with Gasteiger partial charge in [0.05, 0.1) is 6.54 Å². The Morgan fingerprint density at radius 3 is 2.64 bits per heavy atom. The fourth-order valence-electron chi connectivity index (χ4n) is 1.38. The highest BCUT2D eigenvalue weighted by atomic mass is 79.9. The second-order valence-corrected chi connectivity index (χ2v) is 4.08. The van der Waals surface area contributed by atoms with Gasteiger partial charge in [-0.3, -0.25) is 0 Å². The van der Waals surface area contributed by atoms with E-state index in [0.717, 1.165) is 10.0 Å². The van der Waals surface area contributed by atoms with Gasteiger partial charge in [-0.2, -0.15) is 0 Å². The maximum Gasteiger partial charge on any atom is 0.410 e. The molecule has 1 fully saturated rings. The lowest BCUT2D eigenvalue weighted by atomic mass is 10.2. The lowest BCUT2D eigenvalue weighted by molar-refractivity contribution is 0.157. The van der Waals surface area contributed by atoms with Gasteiger partial charge >= 0.3 is 6.09 Å². The fraction of sp³-hybridized carbons (Fsp3) is 0.300. The fourth-order valence-corrected chi connectivity index (χ4v) is 1.64. The number of benzene rings is 1. The first kappa shape index (κ1) is 9.52. The van der Waals surface area contributed by atoms with Crippen LogP contribution in [-0.2, 0) is 11.3 Å². The number of amides is 1. The Hall–Kier alpha value is -1.03. The molecule has 1 saturated heterocycles. The van der Waals surface area contributed by atoms with E-state index in [4.69, 9.17) is 4.74 Å². The molecule has 1 aromatic rings. The summed E-state index contributed by atoms with van der Waals surface area (Å²) in [5.41, 5.74) is 1.12. The molecule has 4 heteroatoms. The number of carbonyl (C=O) groups is 1. The van der Waals surface area contributed by atoms with Crippen LogP contribution >= 0.6 is 15.9 Å². The Balaban J connectivity index is 2.03. The van der Waals surface area contributed by atoms with E-state index in [0.29, 0.717) is 19.7 Å². The Kier molecular flexibility index (Phi) is 2.72. The molecule has 0 unspecified atom stereocenters. The van der Waals surface area contributed by atoms with Gasteiger partial charge in [-0.05, 0) is 17.7 Å². The second-order valence-electron chi connectivity index (χ2n) is 3.16. The van der Waals surface area contributed by atoms with Gasteiger partial charge in [-0.1, -0.05) is 28.1 Å². The van der Waals surface area contributed by atoms with Crippen molar-refractivity contribution in [3.8, 4) is 0 Å². The normalized spacial score (nSPS) is 15.8. The Morgan fingerprint density at radius 1 is 1.36 bits per heavy atom. The van der Waals surface area contributed by atoms with Gasteiger partial charge in [0.2, 0.25) is 0 Å². The van der Waals surface area contributed by atoms with Crippen molar-refractivity contribution in [1.82, 2.24) is 4.90 Å².